The number of furan rings is 1. The summed E-state index contributed by atoms with van der Waals surface area (Å²) in [5.74, 6) is 0.477. The third-order valence-corrected chi connectivity index (χ3v) is 7.94. The number of ether oxygens (including phenoxy) is 1. The van der Waals surface area contributed by atoms with Crippen molar-refractivity contribution in [2.45, 2.75) is 13.0 Å². The van der Waals surface area contributed by atoms with E-state index in [-0.39, 0.29) is 5.76 Å². The van der Waals surface area contributed by atoms with Crippen LogP contribution in [0.2, 0.25) is 0 Å². The van der Waals surface area contributed by atoms with Crippen LogP contribution in [-0.4, -0.2) is 55.2 Å². The Labute approximate surface area is 244 Å². The normalized spacial score (nSPS) is 14.1. The molecule has 42 heavy (non-hydrogen) atoms. The average Bonchev–Trinajstić information content (AvgIpc) is 3.61. The maximum Gasteiger partial charge on any atom is 0.284 e. The van der Waals surface area contributed by atoms with Gasteiger partial charge in [-0.1, -0.05) is 24.3 Å². The molecule has 0 saturated carbocycles. The lowest BCUT2D eigenvalue weighted by atomic mass is 10.1. The molecule has 0 bridgehead atoms. The van der Waals surface area contributed by atoms with Crippen molar-refractivity contribution in [3.8, 4) is 11.8 Å². The van der Waals surface area contributed by atoms with Gasteiger partial charge < -0.3 is 24.4 Å². The van der Waals surface area contributed by atoms with Crippen LogP contribution in [0.25, 0.3) is 27.9 Å². The first-order valence-corrected chi connectivity index (χ1v) is 14.1. The fraction of sp³-hybridized carbons (Fsp3) is 0.235. The van der Waals surface area contributed by atoms with Crippen molar-refractivity contribution >= 4 is 39.5 Å². The van der Waals surface area contributed by atoms with E-state index in [0.29, 0.717) is 11.1 Å². The zero-order chi connectivity index (χ0) is 29.1. The number of amides is 1. The molecule has 0 spiro atoms. The van der Waals surface area contributed by atoms with Gasteiger partial charge in [0.1, 0.15) is 11.3 Å². The summed E-state index contributed by atoms with van der Waals surface area (Å²) >= 11 is 0. The van der Waals surface area contributed by atoms with Crippen LogP contribution in [0.1, 0.15) is 33.7 Å². The lowest BCUT2D eigenvalue weighted by Gasteiger charge is -2.36. The summed E-state index contributed by atoms with van der Waals surface area (Å²) in [5, 5.41) is 11.5. The van der Waals surface area contributed by atoms with Crippen LogP contribution in [0.4, 0.5) is 5.69 Å². The molecule has 1 fully saturated rings. The van der Waals surface area contributed by atoms with Crippen LogP contribution in [0, 0.1) is 11.3 Å². The maximum absolute atomic E-state index is 11.4. The Kier molecular flexibility index (Phi) is 7.67. The molecule has 2 aromatic heterocycles. The molecule has 1 saturated heterocycles. The molecule has 3 aromatic carbocycles. The Morgan fingerprint density at radius 1 is 1.05 bits per heavy atom. The third-order valence-electron chi connectivity index (χ3n) is 7.94. The fourth-order valence-corrected chi connectivity index (χ4v) is 5.63. The molecule has 1 aliphatic heterocycles. The first-order valence-electron chi connectivity index (χ1n) is 14.1. The molecule has 0 aliphatic carbocycles. The van der Waals surface area contributed by atoms with Gasteiger partial charge in [0.2, 0.25) is 0 Å². The summed E-state index contributed by atoms with van der Waals surface area (Å²) in [4.78, 5) is 16.3. The Morgan fingerprint density at radius 2 is 1.86 bits per heavy atom. The highest BCUT2D eigenvalue weighted by Gasteiger charge is 2.18. The number of fused-ring (bicyclic) bond motifs is 2. The summed E-state index contributed by atoms with van der Waals surface area (Å²) in [6.45, 7) is 5.56. The van der Waals surface area contributed by atoms with Crippen LogP contribution in [0.15, 0.2) is 83.4 Å². The van der Waals surface area contributed by atoms with E-state index >= 15 is 0 Å². The van der Waals surface area contributed by atoms with Crippen LogP contribution >= 0.6 is 0 Å². The number of primary amides is 1. The van der Waals surface area contributed by atoms with Gasteiger partial charge in [-0.15, -0.1) is 0 Å². The zero-order valence-corrected chi connectivity index (χ0v) is 23.6. The predicted molar refractivity (Wildman–Crippen MR) is 166 cm³/mol. The van der Waals surface area contributed by atoms with E-state index < -0.39 is 5.91 Å². The summed E-state index contributed by atoms with van der Waals surface area (Å²) in [5.41, 5.74) is 11.2. The van der Waals surface area contributed by atoms with E-state index in [1.807, 2.05) is 42.5 Å². The van der Waals surface area contributed by atoms with E-state index in [1.54, 1.807) is 13.2 Å². The molecule has 0 atom stereocenters. The molecule has 8 heteroatoms. The molecule has 2 N–H and O–H groups in total. The number of hydrogen-bond acceptors (Lipinski definition) is 6. The van der Waals surface area contributed by atoms with Gasteiger partial charge in [0.15, 0.2) is 5.76 Å². The Hall–Kier alpha value is -5.00. The smallest absolute Gasteiger partial charge is 0.284 e. The Balaban J connectivity index is 1.08. The minimum atomic E-state index is -0.554. The molecular weight excluding hydrogens is 526 g/mol. The topological polar surface area (TPSA) is 101 Å². The quantitative estimate of drug-likeness (QED) is 0.251. The van der Waals surface area contributed by atoms with E-state index in [1.165, 1.54) is 5.56 Å². The molecule has 8 nitrogen and oxygen atoms in total. The monoisotopic (exact) mass is 559 g/mol. The number of anilines is 1. The van der Waals surface area contributed by atoms with Crippen LogP contribution in [0.3, 0.4) is 0 Å². The summed E-state index contributed by atoms with van der Waals surface area (Å²) < 4.78 is 13.1. The molecule has 6 rings (SSSR count). The molecule has 0 radical (unpaired) electrons. The predicted octanol–water partition coefficient (Wildman–Crippen LogP) is 5.64. The number of rotatable bonds is 9. The minimum Gasteiger partial charge on any atom is -0.497 e. The van der Waals surface area contributed by atoms with E-state index in [4.69, 9.17) is 14.9 Å². The van der Waals surface area contributed by atoms with Gasteiger partial charge in [-0.3, -0.25) is 9.69 Å². The Morgan fingerprint density at radius 3 is 2.60 bits per heavy atom. The molecule has 1 aliphatic rings. The summed E-state index contributed by atoms with van der Waals surface area (Å²) in [7, 11) is 1.67. The van der Waals surface area contributed by atoms with Crippen molar-refractivity contribution < 1.29 is 13.9 Å². The first kappa shape index (κ1) is 27.2. The number of hydrogen-bond donors (Lipinski definition) is 1. The highest BCUT2D eigenvalue weighted by molar-refractivity contribution is 5.95. The van der Waals surface area contributed by atoms with E-state index in [0.717, 1.165) is 79.0 Å². The summed E-state index contributed by atoms with van der Waals surface area (Å²) in [6, 6.07) is 24.0. The van der Waals surface area contributed by atoms with Crippen LogP contribution in [-0.2, 0) is 6.54 Å². The van der Waals surface area contributed by atoms with Crippen molar-refractivity contribution in [2.24, 2.45) is 5.73 Å². The zero-order valence-electron chi connectivity index (χ0n) is 23.6. The van der Waals surface area contributed by atoms with E-state index in [2.05, 4.69) is 57.0 Å². The van der Waals surface area contributed by atoms with Crippen LogP contribution < -0.4 is 15.4 Å². The van der Waals surface area contributed by atoms with Crippen molar-refractivity contribution in [1.82, 2.24) is 9.47 Å². The molecule has 212 valence electrons. The van der Waals surface area contributed by atoms with Gasteiger partial charge in [0.25, 0.3) is 5.91 Å². The molecular formula is C34H33N5O3. The van der Waals surface area contributed by atoms with Gasteiger partial charge in [-0.05, 0) is 72.1 Å². The molecule has 5 aromatic rings. The van der Waals surface area contributed by atoms with Gasteiger partial charge in [0, 0.05) is 67.4 Å². The maximum atomic E-state index is 11.4. The number of nitriles is 1. The number of aromatic nitrogens is 1. The third kappa shape index (κ3) is 5.73. The highest BCUT2D eigenvalue weighted by atomic mass is 16.5. The lowest BCUT2D eigenvalue weighted by Crippen LogP contribution is -2.46. The summed E-state index contributed by atoms with van der Waals surface area (Å²) in [6.07, 6.45) is 7.54. The minimum absolute atomic E-state index is 0.187. The molecule has 1 amide bonds. The van der Waals surface area contributed by atoms with Crippen molar-refractivity contribution in [3.63, 3.8) is 0 Å². The standard InChI is InChI=1S/C34H33N5O3/c1-41-29-9-5-24(6-10-29)22-39-23-26(30-18-25(21-35)7-11-31(30)39)4-2-3-13-37-14-16-38(17-15-37)28-8-12-32-27(19-28)20-33(42-32)34(36)40/h2,4-12,18-20,23H,3,13-17,22H2,1H3,(H2,36,40). The fourth-order valence-electron chi connectivity index (χ4n) is 5.63. The van der Waals surface area contributed by atoms with Crippen molar-refractivity contribution in [1.29, 1.82) is 5.26 Å². The first-order chi connectivity index (χ1) is 20.5. The van der Waals surface area contributed by atoms with Gasteiger partial charge in [-0.25, -0.2) is 0 Å². The number of methoxy groups -OCH3 is 1. The van der Waals surface area contributed by atoms with Crippen molar-refractivity contribution in [2.75, 3.05) is 44.7 Å². The largest absolute Gasteiger partial charge is 0.497 e. The number of nitrogens with two attached hydrogens (primary N) is 1. The molecule has 3 heterocycles. The number of nitrogens with zero attached hydrogens (tertiary/aromatic N) is 4. The van der Waals surface area contributed by atoms with Gasteiger partial charge >= 0.3 is 0 Å². The second-order valence-corrected chi connectivity index (χ2v) is 10.6. The van der Waals surface area contributed by atoms with Gasteiger partial charge in [-0.2, -0.15) is 5.26 Å². The number of carbonyl (C=O) groups is 1. The molecule has 0 unspecified atom stereocenters. The SMILES string of the molecule is COc1ccc(Cn2cc(C=CCCN3CCN(c4ccc5oc(C(N)=O)cc5c4)CC3)c3cc(C#N)ccc32)cc1. The van der Waals surface area contributed by atoms with Gasteiger partial charge in [0.05, 0.1) is 18.7 Å². The van der Waals surface area contributed by atoms with Crippen LogP contribution in [0.5, 0.6) is 5.75 Å². The van der Waals surface area contributed by atoms with Crippen molar-refractivity contribution in [3.05, 3.63) is 101 Å². The lowest BCUT2D eigenvalue weighted by molar-refractivity contribution is 0.0976. The number of piperazine rings is 1. The van der Waals surface area contributed by atoms with E-state index in [9.17, 15) is 10.1 Å². The highest BCUT2D eigenvalue weighted by Crippen LogP contribution is 2.27. The second-order valence-electron chi connectivity index (χ2n) is 10.6. The average molecular weight is 560 g/mol. The Bertz CT molecular complexity index is 1800. The number of benzene rings is 3. The second kappa shape index (κ2) is 11.9. The number of carbonyl (C=O) groups excluding carboxylic acids is 1.